The smallest absolute Gasteiger partial charge is 0.259 e. The Hall–Kier alpha value is -3.53. The monoisotopic (exact) mass is 465 g/mol. The maximum Gasteiger partial charge on any atom is 0.259 e. The molecule has 3 heterocycles. The second-order valence-corrected chi connectivity index (χ2v) is 8.22. The lowest BCUT2D eigenvalue weighted by molar-refractivity contribution is -0.825. The Morgan fingerprint density at radius 1 is 1.12 bits per heavy atom. The maximum absolute atomic E-state index is 13.5. The number of aryl methyl sites for hydroxylation is 1. The average Bonchev–Trinajstić information content (AvgIpc) is 3.24. The van der Waals surface area contributed by atoms with Crippen molar-refractivity contribution in [1.82, 2.24) is 20.0 Å². The summed E-state index contributed by atoms with van der Waals surface area (Å²) in [6.07, 6.45) is 3.25. The van der Waals surface area contributed by atoms with Crippen LogP contribution in [0.2, 0.25) is 5.02 Å². The van der Waals surface area contributed by atoms with Gasteiger partial charge in [0, 0.05) is 56.3 Å². The normalized spacial score (nSPS) is 14.2. The fourth-order valence-electron chi connectivity index (χ4n) is 4.16. The van der Waals surface area contributed by atoms with Gasteiger partial charge in [0.05, 0.1) is 21.7 Å². The molecule has 1 fully saturated rings. The number of benzene rings is 2. The third kappa shape index (κ3) is 3.91. The zero-order valence-electron chi connectivity index (χ0n) is 17.9. The summed E-state index contributed by atoms with van der Waals surface area (Å²) in [5, 5.41) is 13.9. The van der Waals surface area contributed by atoms with E-state index in [0.717, 1.165) is 16.7 Å². The molecule has 0 spiro atoms. The number of rotatable bonds is 4. The van der Waals surface area contributed by atoms with Gasteiger partial charge >= 0.3 is 0 Å². The molecule has 0 radical (unpaired) electrons. The highest BCUT2D eigenvalue weighted by atomic mass is 35.5. The van der Waals surface area contributed by atoms with E-state index in [0.29, 0.717) is 65.0 Å². The highest BCUT2D eigenvalue weighted by Crippen LogP contribution is 2.32. The number of fused-ring (bicyclic) bond motifs is 1. The number of halogens is 1. The van der Waals surface area contributed by atoms with Crippen LogP contribution in [0.4, 0.5) is 11.4 Å². The number of anilines is 1. The standard InChI is InChI=1S/C23H21ClN6O3/c1-14-20(22(28-33-14)16-3-2-4-18-21(16)26-8-7-25-18)23(31)30-11-9-29(10-12-30)19-6-5-15(27-32)13-17(19)24/h2-8,13,27,32H,9-12H2,1H3/p+1. The van der Waals surface area contributed by atoms with Gasteiger partial charge in [-0.2, -0.15) is 5.48 Å². The van der Waals surface area contributed by atoms with Crippen LogP contribution in [0.5, 0.6) is 0 Å². The lowest BCUT2D eigenvalue weighted by Crippen LogP contribution is -2.73. The first kappa shape index (κ1) is 21.3. The van der Waals surface area contributed by atoms with Crippen LogP contribution in [0.3, 0.4) is 0 Å². The molecule has 4 aromatic rings. The third-order valence-corrected chi connectivity index (χ3v) is 6.16. The summed E-state index contributed by atoms with van der Waals surface area (Å²) in [6, 6.07) is 11.0. The summed E-state index contributed by atoms with van der Waals surface area (Å²) in [5.41, 5.74) is 5.58. The van der Waals surface area contributed by atoms with E-state index in [1.165, 1.54) is 0 Å². The Bertz CT molecular complexity index is 1330. The van der Waals surface area contributed by atoms with E-state index in [1.54, 1.807) is 36.4 Å². The number of carbonyl (C=O) groups excluding carboxylic acids is 1. The van der Waals surface area contributed by atoms with Crippen molar-refractivity contribution in [2.45, 2.75) is 6.92 Å². The SMILES string of the molecule is Cc1onc(-c2cccc3nccnc23)c1C(=O)N1CCN(c2ccc([NH2+]O)cc2Cl)CC1. The van der Waals surface area contributed by atoms with Crippen LogP contribution in [-0.2, 0) is 0 Å². The van der Waals surface area contributed by atoms with Gasteiger partial charge in [-0.05, 0) is 19.1 Å². The molecular weight excluding hydrogens is 444 g/mol. The van der Waals surface area contributed by atoms with Crippen LogP contribution in [0.15, 0.2) is 53.3 Å². The number of amides is 1. The van der Waals surface area contributed by atoms with Crippen molar-refractivity contribution in [2.24, 2.45) is 0 Å². The predicted octanol–water partition coefficient (Wildman–Crippen LogP) is 2.79. The van der Waals surface area contributed by atoms with E-state index in [9.17, 15) is 10.0 Å². The van der Waals surface area contributed by atoms with E-state index in [-0.39, 0.29) is 5.91 Å². The molecule has 0 saturated carbocycles. The Morgan fingerprint density at radius 2 is 1.91 bits per heavy atom. The van der Waals surface area contributed by atoms with Crippen LogP contribution in [0.1, 0.15) is 16.1 Å². The van der Waals surface area contributed by atoms with Crippen molar-refractivity contribution < 1.29 is 20.0 Å². The van der Waals surface area contributed by atoms with Gasteiger partial charge in [-0.15, -0.1) is 0 Å². The quantitative estimate of drug-likeness (QED) is 0.352. The number of para-hydroxylation sites is 1. The van der Waals surface area contributed by atoms with Gasteiger partial charge in [0.1, 0.15) is 17.0 Å². The molecule has 33 heavy (non-hydrogen) atoms. The molecule has 0 atom stereocenters. The molecule has 168 valence electrons. The third-order valence-electron chi connectivity index (χ3n) is 5.86. The number of hydrogen-bond donors (Lipinski definition) is 2. The number of piperazine rings is 1. The fourth-order valence-corrected chi connectivity index (χ4v) is 4.47. The molecule has 1 amide bonds. The van der Waals surface area contributed by atoms with Crippen LogP contribution in [-0.4, -0.2) is 57.3 Å². The molecule has 2 aromatic carbocycles. The summed E-state index contributed by atoms with van der Waals surface area (Å²) in [4.78, 5) is 26.2. The minimum Gasteiger partial charge on any atom is -0.367 e. The Balaban J connectivity index is 1.39. The van der Waals surface area contributed by atoms with E-state index in [1.807, 2.05) is 24.3 Å². The van der Waals surface area contributed by atoms with Gasteiger partial charge in [-0.25, -0.2) is 5.21 Å². The highest BCUT2D eigenvalue weighted by molar-refractivity contribution is 6.33. The molecule has 1 aliphatic rings. The van der Waals surface area contributed by atoms with Crippen LogP contribution in [0, 0.1) is 6.92 Å². The van der Waals surface area contributed by atoms with Gasteiger partial charge in [-0.3, -0.25) is 14.8 Å². The zero-order chi connectivity index (χ0) is 22.9. The van der Waals surface area contributed by atoms with Crippen molar-refractivity contribution in [3.8, 4) is 11.3 Å². The van der Waals surface area contributed by atoms with Gasteiger partial charge in [0.2, 0.25) is 0 Å². The van der Waals surface area contributed by atoms with Gasteiger partial charge < -0.3 is 14.3 Å². The lowest BCUT2D eigenvalue weighted by atomic mass is 10.0. The second kappa shape index (κ2) is 8.78. The Morgan fingerprint density at radius 3 is 2.67 bits per heavy atom. The fraction of sp³-hybridized carbons (Fsp3) is 0.217. The minimum absolute atomic E-state index is 0.124. The van der Waals surface area contributed by atoms with E-state index >= 15 is 0 Å². The molecule has 3 N–H and O–H groups in total. The summed E-state index contributed by atoms with van der Waals surface area (Å²) >= 11 is 6.39. The molecule has 1 saturated heterocycles. The molecule has 0 unspecified atom stereocenters. The number of nitrogens with zero attached hydrogens (tertiary/aromatic N) is 5. The Labute approximate surface area is 194 Å². The van der Waals surface area contributed by atoms with Crippen molar-refractivity contribution >= 4 is 39.9 Å². The van der Waals surface area contributed by atoms with Crippen molar-refractivity contribution in [3.05, 3.63) is 65.1 Å². The number of hydrogen-bond acceptors (Lipinski definition) is 7. The number of nitrogens with two attached hydrogens (primary N) is 1. The number of aromatic nitrogens is 3. The largest absolute Gasteiger partial charge is 0.367 e. The van der Waals surface area contributed by atoms with Crippen LogP contribution >= 0.6 is 11.6 Å². The van der Waals surface area contributed by atoms with Crippen molar-refractivity contribution in [2.75, 3.05) is 31.1 Å². The van der Waals surface area contributed by atoms with Gasteiger partial charge in [0.15, 0.2) is 5.69 Å². The summed E-state index contributed by atoms with van der Waals surface area (Å²) in [7, 11) is 0. The molecule has 9 nitrogen and oxygen atoms in total. The molecule has 2 aromatic heterocycles. The van der Waals surface area contributed by atoms with Crippen LogP contribution < -0.4 is 10.4 Å². The molecule has 0 bridgehead atoms. The summed E-state index contributed by atoms with van der Waals surface area (Å²) < 4.78 is 5.44. The van der Waals surface area contributed by atoms with Crippen molar-refractivity contribution in [3.63, 3.8) is 0 Å². The molecule has 1 aliphatic heterocycles. The van der Waals surface area contributed by atoms with Crippen LogP contribution in [0.25, 0.3) is 22.3 Å². The zero-order valence-corrected chi connectivity index (χ0v) is 18.7. The highest BCUT2D eigenvalue weighted by Gasteiger charge is 2.30. The van der Waals surface area contributed by atoms with E-state index in [2.05, 4.69) is 20.0 Å². The first-order chi connectivity index (χ1) is 16.1. The molecule has 10 heteroatoms. The maximum atomic E-state index is 13.5. The lowest BCUT2D eigenvalue weighted by Gasteiger charge is -2.36. The molecule has 0 aliphatic carbocycles. The van der Waals surface area contributed by atoms with Crippen molar-refractivity contribution in [1.29, 1.82) is 0 Å². The number of carbonyl (C=O) groups is 1. The van der Waals surface area contributed by atoms with E-state index < -0.39 is 0 Å². The van der Waals surface area contributed by atoms with E-state index in [4.69, 9.17) is 16.1 Å². The first-order valence-electron chi connectivity index (χ1n) is 10.5. The predicted molar refractivity (Wildman–Crippen MR) is 123 cm³/mol. The topological polar surface area (TPSA) is 112 Å². The summed E-state index contributed by atoms with van der Waals surface area (Å²) in [5.74, 6) is 0.345. The molecular formula is C23H22ClN6O3+. The number of quaternary nitrogens is 1. The summed E-state index contributed by atoms with van der Waals surface area (Å²) in [6.45, 7) is 4.07. The Kier molecular flexibility index (Phi) is 5.67. The molecule has 5 rings (SSSR count). The van der Waals surface area contributed by atoms with Gasteiger partial charge in [0.25, 0.3) is 5.91 Å². The van der Waals surface area contributed by atoms with Gasteiger partial charge in [-0.1, -0.05) is 28.9 Å². The average molecular weight is 466 g/mol. The minimum atomic E-state index is -0.124. The first-order valence-corrected chi connectivity index (χ1v) is 10.9. The second-order valence-electron chi connectivity index (χ2n) is 7.81.